The second-order valence-corrected chi connectivity index (χ2v) is 4.62. The van der Waals surface area contributed by atoms with Crippen molar-refractivity contribution in [2.45, 2.75) is 13.2 Å². The molecule has 2 N–H and O–H groups in total. The largest absolute Gasteiger partial charge is 0.452 e. The number of amides is 2. The SMILES string of the molecule is COCc1cc(NC(=O)NCc2ccc(Br)o2)ncn1. The predicted molar refractivity (Wildman–Crippen MR) is 75.0 cm³/mol. The molecule has 2 heterocycles. The summed E-state index contributed by atoms with van der Waals surface area (Å²) in [6, 6.07) is 4.80. The van der Waals surface area contributed by atoms with Crippen molar-refractivity contribution in [1.82, 2.24) is 15.3 Å². The normalized spacial score (nSPS) is 10.3. The summed E-state index contributed by atoms with van der Waals surface area (Å²) in [4.78, 5) is 19.7. The van der Waals surface area contributed by atoms with Gasteiger partial charge in [0.25, 0.3) is 0 Å². The number of hydrogen-bond donors (Lipinski definition) is 2. The topological polar surface area (TPSA) is 89.3 Å². The molecule has 2 amide bonds. The standard InChI is InChI=1S/C12H13BrN4O3/c1-19-6-8-4-11(16-7-15-8)17-12(18)14-5-9-2-3-10(13)20-9/h2-4,7H,5-6H2,1H3,(H2,14,15,16,17,18). The molecular formula is C12H13BrN4O3. The van der Waals surface area contributed by atoms with E-state index in [0.29, 0.717) is 28.5 Å². The summed E-state index contributed by atoms with van der Waals surface area (Å²) in [5, 5.41) is 5.26. The van der Waals surface area contributed by atoms with E-state index in [-0.39, 0.29) is 12.6 Å². The third kappa shape index (κ3) is 4.32. The smallest absolute Gasteiger partial charge is 0.320 e. The lowest BCUT2D eigenvalue weighted by Gasteiger charge is -2.06. The van der Waals surface area contributed by atoms with Gasteiger partial charge in [-0.3, -0.25) is 5.32 Å². The van der Waals surface area contributed by atoms with Gasteiger partial charge >= 0.3 is 6.03 Å². The molecule has 2 aromatic heterocycles. The van der Waals surface area contributed by atoms with Crippen molar-refractivity contribution in [3.8, 4) is 0 Å². The van der Waals surface area contributed by atoms with Gasteiger partial charge in [0, 0.05) is 13.2 Å². The maximum Gasteiger partial charge on any atom is 0.320 e. The third-order valence-corrected chi connectivity index (χ3v) is 2.74. The Bertz CT molecular complexity index is 588. The molecule has 0 saturated heterocycles. The molecule has 0 atom stereocenters. The van der Waals surface area contributed by atoms with E-state index in [4.69, 9.17) is 9.15 Å². The predicted octanol–water partition coefficient (Wildman–Crippen LogP) is 2.30. The van der Waals surface area contributed by atoms with E-state index in [0.717, 1.165) is 0 Å². The van der Waals surface area contributed by atoms with Crippen molar-refractivity contribution >= 4 is 27.8 Å². The number of ether oxygens (including phenoxy) is 1. The average molecular weight is 341 g/mol. The zero-order valence-electron chi connectivity index (χ0n) is 10.7. The first-order valence-corrected chi connectivity index (χ1v) is 6.55. The number of anilines is 1. The highest BCUT2D eigenvalue weighted by atomic mass is 79.9. The lowest BCUT2D eigenvalue weighted by molar-refractivity contribution is 0.181. The van der Waals surface area contributed by atoms with E-state index in [2.05, 4.69) is 36.5 Å². The van der Waals surface area contributed by atoms with Gasteiger partial charge in [-0.05, 0) is 28.1 Å². The van der Waals surface area contributed by atoms with Crippen LogP contribution in [0.1, 0.15) is 11.5 Å². The van der Waals surface area contributed by atoms with Crippen molar-refractivity contribution in [3.05, 3.63) is 40.7 Å². The van der Waals surface area contributed by atoms with Crippen LogP contribution in [0.3, 0.4) is 0 Å². The monoisotopic (exact) mass is 340 g/mol. The van der Waals surface area contributed by atoms with Crippen LogP contribution in [0.15, 0.2) is 33.6 Å². The van der Waals surface area contributed by atoms with Gasteiger partial charge in [-0.25, -0.2) is 14.8 Å². The minimum absolute atomic E-state index is 0.285. The molecule has 0 saturated carbocycles. The van der Waals surface area contributed by atoms with Crippen LogP contribution < -0.4 is 10.6 Å². The minimum Gasteiger partial charge on any atom is -0.452 e. The molecule has 8 heteroatoms. The van der Waals surface area contributed by atoms with E-state index < -0.39 is 0 Å². The van der Waals surface area contributed by atoms with E-state index >= 15 is 0 Å². The van der Waals surface area contributed by atoms with Crippen LogP contribution in [0.25, 0.3) is 0 Å². The fourth-order valence-electron chi connectivity index (χ4n) is 1.47. The molecular weight excluding hydrogens is 328 g/mol. The van der Waals surface area contributed by atoms with Gasteiger partial charge in [-0.15, -0.1) is 0 Å². The van der Waals surface area contributed by atoms with Crippen LogP contribution >= 0.6 is 15.9 Å². The van der Waals surface area contributed by atoms with E-state index in [1.807, 2.05) is 0 Å². The first-order valence-electron chi connectivity index (χ1n) is 5.76. The Morgan fingerprint density at radius 3 is 3.00 bits per heavy atom. The number of nitrogens with zero attached hydrogens (tertiary/aromatic N) is 2. The highest BCUT2D eigenvalue weighted by Gasteiger charge is 2.06. The minimum atomic E-state index is -0.375. The Balaban J connectivity index is 1.86. The van der Waals surface area contributed by atoms with Gasteiger partial charge in [-0.1, -0.05) is 0 Å². The van der Waals surface area contributed by atoms with Crippen LogP contribution in [0.5, 0.6) is 0 Å². The molecule has 2 rings (SSSR count). The number of carbonyl (C=O) groups is 1. The second-order valence-electron chi connectivity index (χ2n) is 3.84. The van der Waals surface area contributed by atoms with Gasteiger partial charge < -0.3 is 14.5 Å². The number of urea groups is 1. The van der Waals surface area contributed by atoms with Crippen LogP contribution in [0.2, 0.25) is 0 Å². The fraction of sp³-hybridized carbons (Fsp3) is 0.250. The number of aromatic nitrogens is 2. The third-order valence-electron chi connectivity index (χ3n) is 2.31. The second kappa shape index (κ2) is 7.01. The highest BCUT2D eigenvalue weighted by Crippen LogP contribution is 2.13. The molecule has 0 aliphatic carbocycles. The number of hydrogen-bond acceptors (Lipinski definition) is 5. The van der Waals surface area contributed by atoms with Gasteiger partial charge in [-0.2, -0.15) is 0 Å². The summed E-state index contributed by atoms with van der Waals surface area (Å²) < 4.78 is 10.8. The molecule has 0 fully saturated rings. The van der Waals surface area contributed by atoms with Gasteiger partial charge in [0.15, 0.2) is 4.67 Å². The molecule has 2 aromatic rings. The van der Waals surface area contributed by atoms with Crippen molar-refractivity contribution in [1.29, 1.82) is 0 Å². The lowest BCUT2D eigenvalue weighted by Crippen LogP contribution is -2.28. The number of methoxy groups -OCH3 is 1. The Labute approximate surface area is 123 Å². The number of furan rings is 1. The average Bonchev–Trinajstić information content (AvgIpc) is 2.83. The maximum atomic E-state index is 11.7. The van der Waals surface area contributed by atoms with Gasteiger partial charge in [0.1, 0.15) is 17.9 Å². The Morgan fingerprint density at radius 2 is 2.30 bits per heavy atom. The zero-order chi connectivity index (χ0) is 14.4. The van der Waals surface area contributed by atoms with Gasteiger partial charge in [0.2, 0.25) is 0 Å². The highest BCUT2D eigenvalue weighted by molar-refractivity contribution is 9.10. The maximum absolute atomic E-state index is 11.7. The molecule has 0 radical (unpaired) electrons. The molecule has 0 bridgehead atoms. The van der Waals surface area contributed by atoms with Gasteiger partial charge in [0.05, 0.1) is 18.8 Å². The van der Waals surface area contributed by atoms with Crippen molar-refractivity contribution in [3.63, 3.8) is 0 Å². The summed E-state index contributed by atoms with van der Waals surface area (Å²) in [6.07, 6.45) is 1.37. The lowest BCUT2D eigenvalue weighted by atomic mass is 10.4. The van der Waals surface area contributed by atoms with E-state index in [9.17, 15) is 4.79 Å². The van der Waals surface area contributed by atoms with E-state index in [1.165, 1.54) is 6.33 Å². The molecule has 0 aromatic carbocycles. The summed E-state index contributed by atoms with van der Waals surface area (Å²) in [5.74, 6) is 1.06. The Morgan fingerprint density at radius 1 is 1.45 bits per heavy atom. The Kier molecular flexibility index (Phi) is 5.08. The van der Waals surface area contributed by atoms with Crippen LogP contribution in [-0.4, -0.2) is 23.1 Å². The van der Waals surface area contributed by atoms with Crippen molar-refractivity contribution in [2.24, 2.45) is 0 Å². The zero-order valence-corrected chi connectivity index (χ0v) is 12.3. The summed E-state index contributed by atoms with van der Waals surface area (Å²) in [5.41, 5.74) is 0.688. The Hall–Kier alpha value is -1.93. The van der Waals surface area contributed by atoms with Crippen LogP contribution in [0, 0.1) is 0 Å². The number of rotatable bonds is 5. The van der Waals surface area contributed by atoms with E-state index in [1.54, 1.807) is 25.3 Å². The molecule has 0 spiro atoms. The summed E-state index contributed by atoms with van der Waals surface area (Å²) in [6.45, 7) is 0.646. The van der Waals surface area contributed by atoms with Crippen molar-refractivity contribution in [2.75, 3.05) is 12.4 Å². The molecule has 106 valence electrons. The summed E-state index contributed by atoms with van der Waals surface area (Å²) in [7, 11) is 1.57. The molecule has 0 unspecified atom stereocenters. The molecule has 0 aliphatic rings. The van der Waals surface area contributed by atoms with Crippen molar-refractivity contribution < 1.29 is 13.9 Å². The fourth-order valence-corrected chi connectivity index (χ4v) is 1.81. The quantitative estimate of drug-likeness (QED) is 0.871. The summed E-state index contributed by atoms with van der Waals surface area (Å²) >= 11 is 3.19. The van der Waals surface area contributed by atoms with Crippen LogP contribution in [0.4, 0.5) is 10.6 Å². The number of nitrogens with one attached hydrogen (secondary N) is 2. The molecule has 7 nitrogen and oxygen atoms in total. The molecule has 20 heavy (non-hydrogen) atoms. The number of carbonyl (C=O) groups excluding carboxylic acids is 1. The van der Waals surface area contributed by atoms with Crippen LogP contribution in [-0.2, 0) is 17.9 Å². The number of halogens is 1. The first-order chi connectivity index (χ1) is 9.67. The molecule has 0 aliphatic heterocycles. The first kappa shape index (κ1) is 14.5.